The molecule has 0 radical (unpaired) electrons. The summed E-state index contributed by atoms with van der Waals surface area (Å²) in [7, 11) is -3.18. The number of nitrogens with zero attached hydrogens (tertiary/aromatic N) is 2. The molecular formula is C19H30N2O2S. The number of rotatable bonds is 5. The molecule has 2 aliphatic rings. The van der Waals surface area contributed by atoms with Crippen LogP contribution in [0, 0.1) is 11.8 Å². The zero-order valence-electron chi connectivity index (χ0n) is 14.7. The Balaban J connectivity index is 1.49. The number of sulfonamides is 1. The summed E-state index contributed by atoms with van der Waals surface area (Å²) in [6.45, 7) is 7.29. The molecule has 2 aliphatic heterocycles. The fourth-order valence-electron chi connectivity index (χ4n) is 4.06. The zero-order chi connectivity index (χ0) is 17.0. The van der Waals surface area contributed by atoms with Crippen LogP contribution in [0.2, 0.25) is 0 Å². The highest BCUT2D eigenvalue weighted by Crippen LogP contribution is 2.24. The molecule has 1 aromatic carbocycles. The molecule has 1 atom stereocenters. The Hall–Kier alpha value is -0.910. The smallest absolute Gasteiger partial charge is 0.218 e. The highest BCUT2D eigenvalue weighted by atomic mass is 32.2. The lowest BCUT2D eigenvalue weighted by molar-refractivity contribution is 0.136. The van der Waals surface area contributed by atoms with Gasteiger partial charge >= 0.3 is 0 Å². The standard InChI is InChI=1S/C19H30N2O2S/c1-17-6-5-11-20(14-17)15-18-9-12-21(13-10-18)24(22,23)16-19-7-3-2-4-8-19/h2-4,7-8,17-18H,5-6,9-16H2,1H3/t17-/m1/s1. The van der Waals surface area contributed by atoms with Gasteiger partial charge in [0.2, 0.25) is 10.0 Å². The lowest BCUT2D eigenvalue weighted by Crippen LogP contribution is -2.43. The maximum atomic E-state index is 12.6. The fourth-order valence-corrected chi connectivity index (χ4v) is 5.63. The fraction of sp³-hybridized carbons (Fsp3) is 0.684. The second-order valence-electron chi connectivity index (χ2n) is 7.59. The van der Waals surface area contributed by atoms with Gasteiger partial charge in [-0.3, -0.25) is 0 Å². The average molecular weight is 351 g/mol. The van der Waals surface area contributed by atoms with E-state index in [4.69, 9.17) is 0 Å². The molecule has 0 aliphatic carbocycles. The molecule has 24 heavy (non-hydrogen) atoms. The van der Waals surface area contributed by atoms with Crippen molar-refractivity contribution in [2.75, 3.05) is 32.7 Å². The van der Waals surface area contributed by atoms with Gasteiger partial charge in [-0.2, -0.15) is 0 Å². The van der Waals surface area contributed by atoms with Gasteiger partial charge in [-0.1, -0.05) is 37.3 Å². The Morgan fingerprint density at radius 2 is 1.75 bits per heavy atom. The maximum Gasteiger partial charge on any atom is 0.218 e. The molecule has 134 valence electrons. The Kier molecular flexibility index (Phi) is 5.95. The topological polar surface area (TPSA) is 40.6 Å². The molecule has 1 aromatic rings. The Bertz CT molecular complexity index is 610. The van der Waals surface area contributed by atoms with Crippen LogP contribution in [0.3, 0.4) is 0 Å². The molecule has 3 rings (SSSR count). The van der Waals surface area contributed by atoms with Crippen molar-refractivity contribution in [3.05, 3.63) is 35.9 Å². The van der Waals surface area contributed by atoms with E-state index in [0.29, 0.717) is 19.0 Å². The van der Waals surface area contributed by atoms with Gasteiger partial charge < -0.3 is 4.90 Å². The first-order valence-electron chi connectivity index (χ1n) is 9.27. The maximum absolute atomic E-state index is 12.6. The summed E-state index contributed by atoms with van der Waals surface area (Å²) in [4.78, 5) is 2.59. The summed E-state index contributed by atoms with van der Waals surface area (Å²) < 4.78 is 26.9. The van der Waals surface area contributed by atoms with Gasteiger partial charge in [0.25, 0.3) is 0 Å². The molecular weight excluding hydrogens is 320 g/mol. The minimum Gasteiger partial charge on any atom is -0.303 e. The van der Waals surface area contributed by atoms with Crippen LogP contribution in [0.15, 0.2) is 30.3 Å². The van der Waals surface area contributed by atoms with Crippen LogP contribution in [-0.2, 0) is 15.8 Å². The lowest BCUT2D eigenvalue weighted by atomic mass is 9.94. The molecule has 0 unspecified atom stereocenters. The van der Waals surface area contributed by atoms with Crippen molar-refractivity contribution in [1.29, 1.82) is 0 Å². The van der Waals surface area contributed by atoms with Crippen LogP contribution in [0.5, 0.6) is 0 Å². The second-order valence-corrected chi connectivity index (χ2v) is 9.56. The van der Waals surface area contributed by atoms with Gasteiger partial charge in [0.05, 0.1) is 5.75 Å². The van der Waals surface area contributed by atoms with Gasteiger partial charge in [0, 0.05) is 26.2 Å². The van der Waals surface area contributed by atoms with Gasteiger partial charge in [0.15, 0.2) is 0 Å². The van der Waals surface area contributed by atoms with E-state index in [1.165, 1.54) is 25.9 Å². The molecule has 2 heterocycles. The minimum atomic E-state index is -3.18. The van der Waals surface area contributed by atoms with Crippen LogP contribution in [0.1, 0.15) is 38.2 Å². The summed E-state index contributed by atoms with van der Waals surface area (Å²) in [6.07, 6.45) is 4.66. The van der Waals surface area contributed by atoms with Gasteiger partial charge in [-0.25, -0.2) is 12.7 Å². The highest BCUT2D eigenvalue weighted by molar-refractivity contribution is 7.88. The predicted octanol–water partition coefficient (Wildman–Crippen LogP) is 2.96. The van der Waals surface area contributed by atoms with Crippen molar-refractivity contribution < 1.29 is 8.42 Å². The first-order chi connectivity index (χ1) is 11.5. The van der Waals surface area contributed by atoms with E-state index in [2.05, 4.69) is 11.8 Å². The zero-order valence-corrected chi connectivity index (χ0v) is 15.5. The van der Waals surface area contributed by atoms with E-state index in [1.807, 2.05) is 30.3 Å². The Morgan fingerprint density at radius 1 is 1.04 bits per heavy atom. The van der Waals surface area contributed by atoms with Crippen LogP contribution < -0.4 is 0 Å². The molecule has 0 N–H and O–H groups in total. The lowest BCUT2D eigenvalue weighted by Gasteiger charge is -2.37. The van der Waals surface area contributed by atoms with E-state index in [-0.39, 0.29) is 5.75 Å². The largest absolute Gasteiger partial charge is 0.303 e. The first-order valence-corrected chi connectivity index (χ1v) is 10.9. The van der Waals surface area contributed by atoms with Crippen molar-refractivity contribution in [1.82, 2.24) is 9.21 Å². The van der Waals surface area contributed by atoms with Crippen LogP contribution in [0.4, 0.5) is 0 Å². The van der Waals surface area contributed by atoms with Crippen LogP contribution in [-0.4, -0.2) is 50.3 Å². The second kappa shape index (κ2) is 7.98. The number of hydrogen-bond acceptors (Lipinski definition) is 3. The minimum absolute atomic E-state index is 0.127. The third-order valence-electron chi connectivity index (χ3n) is 5.42. The number of piperidine rings is 2. The normalized spacial score (nSPS) is 25.0. The molecule has 0 amide bonds. The number of likely N-dealkylation sites (tertiary alicyclic amines) is 1. The number of benzene rings is 1. The van der Waals surface area contributed by atoms with Crippen molar-refractivity contribution in [3.63, 3.8) is 0 Å². The monoisotopic (exact) mass is 350 g/mol. The summed E-state index contributed by atoms with van der Waals surface area (Å²) in [6, 6.07) is 9.50. The average Bonchev–Trinajstić information content (AvgIpc) is 2.56. The molecule has 2 saturated heterocycles. The van der Waals surface area contributed by atoms with E-state index in [9.17, 15) is 8.42 Å². The van der Waals surface area contributed by atoms with Gasteiger partial charge in [0.1, 0.15) is 0 Å². The van der Waals surface area contributed by atoms with Crippen LogP contribution in [0.25, 0.3) is 0 Å². The third-order valence-corrected chi connectivity index (χ3v) is 7.27. The van der Waals surface area contributed by atoms with E-state index in [1.54, 1.807) is 4.31 Å². The third kappa shape index (κ3) is 4.80. The number of hydrogen-bond donors (Lipinski definition) is 0. The molecule has 0 spiro atoms. The Morgan fingerprint density at radius 3 is 2.42 bits per heavy atom. The molecule has 4 nitrogen and oxygen atoms in total. The van der Waals surface area contributed by atoms with E-state index in [0.717, 1.165) is 30.9 Å². The van der Waals surface area contributed by atoms with Crippen molar-refractivity contribution >= 4 is 10.0 Å². The summed E-state index contributed by atoms with van der Waals surface area (Å²) in [5.41, 5.74) is 0.877. The van der Waals surface area contributed by atoms with E-state index < -0.39 is 10.0 Å². The van der Waals surface area contributed by atoms with E-state index >= 15 is 0 Å². The molecule has 0 aromatic heterocycles. The summed E-state index contributed by atoms with van der Waals surface area (Å²) >= 11 is 0. The van der Waals surface area contributed by atoms with Crippen molar-refractivity contribution in [3.8, 4) is 0 Å². The van der Waals surface area contributed by atoms with Crippen LogP contribution >= 0.6 is 0 Å². The highest BCUT2D eigenvalue weighted by Gasteiger charge is 2.29. The quantitative estimate of drug-likeness (QED) is 0.820. The summed E-state index contributed by atoms with van der Waals surface area (Å²) in [5, 5.41) is 0. The summed E-state index contributed by atoms with van der Waals surface area (Å²) in [5.74, 6) is 1.59. The SMILES string of the molecule is C[C@@H]1CCCN(CC2CCN(S(=O)(=O)Cc3ccccc3)CC2)C1. The molecule has 0 saturated carbocycles. The Labute approximate surface area is 146 Å². The first kappa shape index (κ1) is 17.9. The molecule has 2 fully saturated rings. The van der Waals surface area contributed by atoms with Gasteiger partial charge in [-0.05, 0) is 49.6 Å². The predicted molar refractivity (Wildman–Crippen MR) is 98.2 cm³/mol. The van der Waals surface area contributed by atoms with Crippen molar-refractivity contribution in [2.24, 2.45) is 11.8 Å². The molecule has 5 heteroatoms. The van der Waals surface area contributed by atoms with Gasteiger partial charge in [-0.15, -0.1) is 0 Å². The van der Waals surface area contributed by atoms with Crippen molar-refractivity contribution in [2.45, 2.75) is 38.4 Å². The molecule has 0 bridgehead atoms.